The van der Waals surface area contributed by atoms with Crippen molar-refractivity contribution in [2.45, 2.75) is 245 Å². The lowest BCUT2D eigenvalue weighted by atomic mass is 9.91. The Morgan fingerprint density at radius 2 is 0.840 bits per heavy atom. The number of nitrogens with zero attached hydrogens (tertiary/aromatic N) is 1. The van der Waals surface area contributed by atoms with Gasteiger partial charge >= 0.3 is 5.97 Å². The molecule has 0 saturated heterocycles. The van der Waals surface area contributed by atoms with Gasteiger partial charge in [0, 0.05) is 26.2 Å². The fraction of sp³-hybridized carbons (Fsp3) is 0.978. The first kappa shape index (κ1) is 49.4. The highest BCUT2D eigenvalue weighted by Crippen LogP contribution is 2.28. The zero-order chi connectivity index (χ0) is 36.6. The molecule has 0 unspecified atom stereocenters. The lowest BCUT2D eigenvalue weighted by molar-refractivity contribution is -0.160. The van der Waals surface area contributed by atoms with Gasteiger partial charge in [0.15, 0.2) is 0 Å². The highest BCUT2D eigenvalue weighted by Gasteiger charge is 2.27. The predicted octanol–water partition coefficient (Wildman–Crippen LogP) is 13.5. The number of unbranched alkanes of at least 4 members (excludes halogenated alkanes) is 25. The van der Waals surface area contributed by atoms with Crippen LogP contribution in [0.5, 0.6) is 0 Å². The summed E-state index contributed by atoms with van der Waals surface area (Å²) in [5, 5.41) is 9.56. The van der Waals surface area contributed by atoms with Crippen LogP contribution in [0.4, 0.5) is 0 Å². The maximum absolute atomic E-state index is 12.9. The van der Waals surface area contributed by atoms with Crippen LogP contribution in [-0.2, 0) is 14.3 Å². The molecule has 0 amide bonds. The number of rotatable bonds is 42. The zero-order valence-corrected chi connectivity index (χ0v) is 34.7. The fourth-order valence-corrected chi connectivity index (χ4v) is 7.23. The predicted molar refractivity (Wildman–Crippen MR) is 218 cm³/mol. The third-order valence-electron chi connectivity index (χ3n) is 10.7. The standard InChI is InChI=1S/C45H91NO4/c1-5-8-11-14-18-26-33-42-49-43-34-27-19-17-24-31-38-46(40-41-47)39-32-25-20-21-28-35-44(48)50-45(4,36-29-22-15-12-9-6-2)37-30-23-16-13-10-7-3/h47H,5-43H2,1-4H3. The van der Waals surface area contributed by atoms with Crippen LogP contribution >= 0.6 is 0 Å². The Balaban J connectivity index is 3.98. The Labute approximate surface area is 314 Å². The molecule has 0 radical (unpaired) electrons. The molecule has 1 N–H and O–H groups in total. The van der Waals surface area contributed by atoms with Crippen LogP contribution in [0.1, 0.15) is 240 Å². The van der Waals surface area contributed by atoms with Gasteiger partial charge < -0.3 is 19.5 Å². The van der Waals surface area contributed by atoms with Gasteiger partial charge in [-0.2, -0.15) is 0 Å². The van der Waals surface area contributed by atoms with Gasteiger partial charge in [-0.15, -0.1) is 0 Å². The van der Waals surface area contributed by atoms with Crippen molar-refractivity contribution in [3.8, 4) is 0 Å². The third-order valence-corrected chi connectivity index (χ3v) is 10.7. The first-order valence-corrected chi connectivity index (χ1v) is 22.6. The largest absolute Gasteiger partial charge is 0.459 e. The molecule has 0 aliphatic heterocycles. The normalized spacial score (nSPS) is 12.0. The van der Waals surface area contributed by atoms with Gasteiger partial charge in [0.25, 0.3) is 0 Å². The number of aliphatic hydroxyl groups excluding tert-OH is 1. The molecule has 300 valence electrons. The van der Waals surface area contributed by atoms with E-state index in [1.54, 1.807) is 0 Å². The van der Waals surface area contributed by atoms with Gasteiger partial charge in [0.1, 0.15) is 5.60 Å². The monoisotopic (exact) mass is 710 g/mol. The fourth-order valence-electron chi connectivity index (χ4n) is 7.23. The molecule has 0 bridgehead atoms. The second-order valence-electron chi connectivity index (χ2n) is 15.9. The van der Waals surface area contributed by atoms with E-state index in [0.717, 1.165) is 58.5 Å². The molecule has 5 nitrogen and oxygen atoms in total. The molecule has 0 aromatic rings. The van der Waals surface area contributed by atoms with Crippen molar-refractivity contribution in [1.82, 2.24) is 4.90 Å². The van der Waals surface area contributed by atoms with Gasteiger partial charge in [0.05, 0.1) is 6.61 Å². The van der Waals surface area contributed by atoms with E-state index in [0.29, 0.717) is 6.42 Å². The van der Waals surface area contributed by atoms with Crippen molar-refractivity contribution in [3.63, 3.8) is 0 Å². The summed E-state index contributed by atoms with van der Waals surface area (Å²) >= 11 is 0. The first-order valence-electron chi connectivity index (χ1n) is 22.6. The summed E-state index contributed by atoms with van der Waals surface area (Å²) in [5.41, 5.74) is -0.288. The Bertz CT molecular complexity index is 655. The number of aliphatic hydroxyl groups is 1. The Morgan fingerprint density at radius 3 is 1.26 bits per heavy atom. The minimum Gasteiger partial charge on any atom is -0.459 e. The van der Waals surface area contributed by atoms with E-state index in [1.807, 2.05) is 0 Å². The lowest BCUT2D eigenvalue weighted by Crippen LogP contribution is -2.32. The number of esters is 1. The van der Waals surface area contributed by atoms with E-state index >= 15 is 0 Å². The number of carbonyl (C=O) groups excluding carboxylic acids is 1. The highest BCUT2D eigenvalue weighted by atomic mass is 16.6. The maximum Gasteiger partial charge on any atom is 0.306 e. The summed E-state index contributed by atoms with van der Waals surface area (Å²) in [6.07, 6.45) is 40.6. The number of hydrogen-bond donors (Lipinski definition) is 1. The average Bonchev–Trinajstić information content (AvgIpc) is 3.10. The minimum absolute atomic E-state index is 0.0192. The van der Waals surface area contributed by atoms with Crippen molar-refractivity contribution in [1.29, 1.82) is 0 Å². The molecule has 0 aromatic carbocycles. The smallest absolute Gasteiger partial charge is 0.306 e. The molecular weight excluding hydrogens is 618 g/mol. The van der Waals surface area contributed by atoms with E-state index < -0.39 is 0 Å². The van der Waals surface area contributed by atoms with E-state index in [-0.39, 0.29) is 18.2 Å². The summed E-state index contributed by atoms with van der Waals surface area (Å²) in [7, 11) is 0. The van der Waals surface area contributed by atoms with Crippen molar-refractivity contribution in [2.24, 2.45) is 0 Å². The molecule has 5 heteroatoms. The second kappa shape index (κ2) is 39.6. The first-order chi connectivity index (χ1) is 24.5. The van der Waals surface area contributed by atoms with Crippen LogP contribution in [-0.4, -0.2) is 61.0 Å². The Morgan fingerprint density at radius 1 is 0.480 bits per heavy atom. The average molecular weight is 710 g/mol. The van der Waals surface area contributed by atoms with E-state index in [2.05, 4.69) is 32.6 Å². The van der Waals surface area contributed by atoms with Crippen molar-refractivity contribution in [3.05, 3.63) is 0 Å². The van der Waals surface area contributed by atoms with Crippen LogP contribution in [0.25, 0.3) is 0 Å². The van der Waals surface area contributed by atoms with Gasteiger partial charge in [0.2, 0.25) is 0 Å². The van der Waals surface area contributed by atoms with E-state index in [4.69, 9.17) is 9.47 Å². The Kier molecular flexibility index (Phi) is 39.0. The second-order valence-corrected chi connectivity index (χ2v) is 15.9. The van der Waals surface area contributed by atoms with Gasteiger partial charge in [-0.1, -0.05) is 168 Å². The summed E-state index contributed by atoms with van der Waals surface area (Å²) in [6.45, 7) is 14.1. The molecule has 0 rings (SSSR count). The third kappa shape index (κ3) is 35.7. The van der Waals surface area contributed by atoms with Gasteiger partial charge in [-0.05, 0) is 77.8 Å². The molecule has 0 aliphatic rings. The summed E-state index contributed by atoms with van der Waals surface area (Å²) in [4.78, 5) is 15.3. The Hall–Kier alpha value is -0.650. The minimum atomic E-state index is -0.288. The van der Waals surface area contributed by atoms with Crippen LogP contribution in [0, 0.1) is 0 Å². The van der Waals surface area contributed by atoms with Crippen molar-refractivity contribution >= 4 is 5.97 Å². The number of carbonyl (C=O) groups is 1. The highest BCUT2D eigenvalue weighted by molar-refractivity contribution is 5.69. The van der Waals surface area contributed by atoms with Crippen LogP contribution in [0.3, 0.4) is 0 Å². The molecule has 0 spiro atoms. The van der Waals surface area contributed by atoms with Crippen LogP contribution < -0.4 is 0 Å². The summed E-state index contributed by atoms with van der Waals surface area (Å²) < 4.78 is 12.1. The SMILES string of the molecule is CCCCCCCCCOCCCCCCCCN(CCO)CCCCCCCC(=O)OC(C)(CCCCCCCC)CCCCCCCC. The quantitative estimate of drug-likeness (QED) is 0.0505. The van der Waals surface area contributed by atoms with Crippen LogP contribution in [0.2, 0.25) is 0 Å². The molecule has 0 atom stereocenters. The number of ether oxygens (including phenoxy) is 2. The van der Waals surface area contributed by atoms with Gasteiger partial charge in [-0.25, -0.2) is 0 Å². The molecule has 0 fully saturated rings. The van der Waals surface area contributed by atoms with Crippen LogP contribution in [0.15, 0.2) is 0 Å². The molecule has 0 aliphatic carbocycles. The summed E-state index contributed by atoms with van der Waals surface area (Å²) in [6, 6.07) is 0. The summed E-state index contributed by atoms with van der Waals surface area (Å²) in [5.74, 6) is 0.0192. The maximum atomic E-state index is 12.9. The topological polar surface area (TPSA) is 59.0 Å². The van der Waals surface area contributed by atoms with Gasteiger partial charge in [-0.3, -0.25) is 4.79 Å². The van der Waals surface area contributed by atoms with Crippen molar-refractivity contribution < 1.29 is 19.4 Å². The lowest BCUT2D eigenvalue weighted by Gasteiger charge is -2.30. The van der Waals surface area contributed by atoms with Crippen molar-refractivity contribution in [2.75, 3.05) is 39.5 Å². The molecular formula is C45H91NO4. The zero-order valence-electron chi connectivity index (χ0n) is 34.7. The molecule has 50 heavy (non-hydrogen) atoms. The molecule has 0 heterocycles. The van der Waals surface area contributed by atoms with E-state index in [9.17, 15) is 9.90 Å². The van der Waals surface area contributed by atoms with E-state index in [1.165, 1.54) is 180 Å². The molecule has 0 aromatic heterocycles. The number of hydrogen-bond acceptors (Lipinski definition) is 5. The molecule has 0 saturated carbocycles.